The van der Waals surface area contributed by atoms with E-state index in [1.165, 1.54) is 29.0 Å². The number of piperazine rings is 1. The number of nitrogens with zero attached hydrogens (tertiary/aromatic N) is 3. The van der Waals surface area contributed by atoms with Crippen LogP contribution in [0.2, 0.25) is 0 Å². The first kappa shape index (κ1) is 17.8. The number of hydrogen-bond acceptors (Lipinski definition) is 5. The van der Waals surface area contributed by atoms with Crippen molar-refractivity contribution in [2.45, 2.75) is 12.5 Å². The first-order valence-corrected chi connectivity index (χ1v) is 8.80. The summed E-state index contributed by atoms with van der Waals surface area (Å²) in [5, 5.41) is 12.7. The third-order valence-electron chi connectivity index (χ3n) is 4.39. The highest BCUT2D eigenvalue weighted by molar-refractivity contribution is 7.11. The van der Waals surface area contributed by atoms with Crippen LogP contribution in [0, 0.1) is 10.1 Å². The summed E-state index contributed by atoms with van der Waals surface area (Å²) in [6, 6.07) is 10.3. The zero-order valence-electron chi connectivity index (χ0n) is 14.3. The van der Waals surface area contributed by atoms with Gasteiger partial charge < -0.3 is 9.80 Å². The van der Waals surface area contributed by atoms with Crippen molar-refractivity contribution in [1.82, 2.24) is 9.80 Å². The molecule has 2 aromatic rings. The lowest BCUT2D eigenvalue weighted by atomic mass is 10.0. The quantitative estimate of drug-likeness (QED) is 0.470. The molecule has 1 aromatic heterocycles. The second-order valence-electron chi connectivity index (χ2n) is 5.98. The normalized spacial score (nSPS) is 19.3. The van der Waals surface area contributed by atoms with Crippen LogP contribution in [0.3, 0.4) is 0 Å². The summed E-state index contributed by atoms with van der Waals surface area (Å²) in [7, 11) is 3.11. The van der Waals surface area contributed by atoms with Crippen LogP contribution in [0.5, 0.6) is 0 Å². The predicted molar refractivity (Wildman–Crippen MR) is 98.4 cm³/mol. The SMILES string of the molecule is CN1C(=O)C(Cc2ccccc2)N(C)C(=O)C1=Cc1sccc1[N+](=O)[O-]. The first-order valence-electron chi connectivity index (χ1n) is 7.92. The third-order valence-corrected chi connectivity index (χ3v) is 5.25. The maximum atomic E-state index is 12.8. The van der Waals surface area contributed by atoms with Crippen LogP contribution in [0.1, 0.15) is 10.4 Å². The largest absolute Gasteiger partial charge is 0.328 e. The molecular formula is C18H17N3O4S. The fourth-order valence-corrected chi connectivity index (χ4v) is 3.68. The fourth-order valence-electron chi connectivity index (χ4n) is 2.89. The zero-order valence-corrected chi connectivity index (χ0v) is 15.1. The second-order valence-corrected chi connectivity index (χ2v) is 6.92. The summed E-state index contributed by atoms with van der Waals surface area (Å²) in [4.78, 5) is 39.2. The molecule has 0 N–H and O–H groups in total. The molecule has 3 rings (SSSR count). The zero-order chi connectivity index (χ0) is 18.8. The van der Waals surface area contributed by atoms with Crippen LogP contribution in [0.25, 0.3) is 6.08 Å². The smallest absolute Gasteiger partial charge is 0.287 e. The Morgan fingerprint density at radius 1 is 1.19 bits per heavy atom. The Kier molecular flexibility index (Phi) is 4.85. The molecule has 0 radical (unpaired) electrons. The molecule has 0 bridgehead atoms. The Balaban J connectivity index is 1.91. The van der Waals surface area contributed by atoms with Crippen LogP contribution in [-0.2, 0) is 16.0 Å². The van der Waals surface area contributed by atoms with E-state index in [0.717, 1.165) is 16.9 Å². The highest BCUT2D eigenvalue weighted by Crippen LogP contribution is 2.30. The lowest BCUT2D eigenvalue weighted by molar-refractivity contribution is -0.384. The molecule has 1 aliphatic heterocycles. The molecule has 2 amide bonds. The Morgan fingerprint density at radius 2 is 1.88 bits per heavy atom. The van der Waals surface area contributed by atoms with E-state index >= 15 is 0 Å². The monoisotopic (exact) mass is 371 g/mol. The van der Waals surface area contributed by atoms with Gasteiger partial charge in [0, 0.05) is 26.6 Å². The number of nitro groups is 1. The van der Waals surface area contributed by atoms with Gasteiger partial charge in [-0.3, -0.25) is 19.7 Å². The number of amides is 2. The molecule has 134 valence electrons. The van der Waals surface area contributed by atoms with Crippen molar-refractivity contribution in [3.05, 3.63) is 68.0 Å². The van der Waals surface area contributed by atoms with Crippen molar-refractivity contribution in [1.29, 1.82) is 0 Å². The number of carbonyl (C=O) groups excluding carboxylic acids is 2. The number of rotatable bonds is 4. The highest BCUT2D eigenvalue weighted by atomic mass is 32.1. The van der Waals surface area contributed by atoms with E-state index in [1.54, 1.807) is 12.4 Å². The van der Waals surface area contributed by atoms with E-state index in [9.17, 15) is 19.7 Å². The van der Waals surface area contributed by atoms with Crippen LogP contribution < -0.4 is 0 Å². The summed E-state index contributed by atoms with van der Waals surface area (Å²) in [5.74, 6) is -0.558. The van der Waals surface area contributed by atoms with Gasteiger partial charge >= 0.3 is 0 Å². The minimum Gasteiger partial charge on any atom is -0.328 e. The van der Waals surface area contributed by atoms with Gasteiger partial charge in [0.25, 0.3) is 11.6 Å². The molecule has 7 nitrogen and oxygen atoms in total. The van der Waals surface area contributed by atoms with Gasteiger partial charge in [-0.15, -0.1) is 11.3 Å². The van der Waals surface area contributed by atoms with Gasteiger partial charge in [-0.2, -0.15) is 0 Å². The van der Waals surface area contributed by atoms with Crippen LogP contribution >= 0.6 is 11.3 Å². The number of thiophene rings is 1. The fraction of sp³-hybridized carbons (Fsp3) is 0.222. The number of hydrogen-bond donors (Lipinski definition) is 0. The summed E-state index contributed by atoms with van der Waals surface area (Å²) >= 11 is 1.15. The van der Waals surface area contributed by atoms with E-state index in [0.29, 0.717) is 11.3 Å². The van der Waals surface area contributed by atoms with Crippen LogP contribution in [0.4, 0.5) is 5.69 Å². The van der Waals surface area contributed by atoms with Crippen LogP contribution in [0.15, 0.2) is 47.5 Å². The highest BCUT2D eigenvalue weighted by Gasteiger charge is 2.39. The van der Waals surface area contributed by atoms with Gasteiger partial charge in [0.15, 0.2) is 0 Å². The summed E-state index contributed by atoms with van der Waals surface area (Å²) in [6.45, 7) is 0. The molecule has 26 heavy (non-hydrogen) atoms. The van der Waals surface area contributed by atoms with E-state index < -0.39 is 11.0 Å². The second kappa shape index (κ2) is 7.09. The van der Waals surface area contributed by atoms with E-state index in [-0.39, 0.29) is 23.2 Å². The van der Waals surface area contributed by atoms with Gasteiger partial charge in [-0.1, -0.05) is 30.3 Å². The molecule has 0 spiro atoms. The van der Waals surface area contributed by atoms with Crippen molar-refractivity contribution in [3.8, 4) is 0 Å². The molecule has 1 fully saturated rings. The summed E-state index contributed by atoms with van der Waals surface area (Å²) in [6.07, 6.45) is 1.83. The number of benzene rings is 1. The number of carbonyl (C=O) groups is 2. The average molecular weight is 371 g/mol. The van der Waals surface area contributed by atoms with Gasteiger partial charge in [-0.25, -0.2) is 0 Å². The molecule has 1 atom stereocenters. The number of likely N-dealkylation sites (N-methyl/N-ethyl adjacent to an activating group) is 2. The Morgan fingerprint density at radius 3 is 2.54 bits per heavy atom. The Hall–Kier alpha value is -3.00. The topological polar surface area (TPSA) is 83.8 Å². The molecule has 1 aromatic carbocycles. The van der Waals surface area contributed by atoms with Crippen molar-refractivity contribution >= 4 is 34.9 Å². The summed E-state index contributed by atoms with van der Waals surface area (Å²) < 4.78 is 0. The lowest BCUT2D eigenvalue weighted by Gasteiger charge is -2.38. The first-order chi connectivity index (χ1) is 12.4. The molecule has 2 heterocycles. The molecular weight excluding hydrogens is 354 g/mol. The van der Waals surface area contributed by atoms with Crippen molar-refractivity contribution in [3.63, 3.8) is 0 Å². The minimum atomic E-state index is -0.606. The average Bonchev–Trinajstić information content (AvgIpc) is 3.10. The maximum absolute atomic E-state index is 12.8. The summed E-state index contributed by atoms with van der Waals surface area (Å²) in [5.41, 5.74) is 1.01. The maximum Gasteiger partial charge on any atom is 0.287 e. The van der Waals surface area contributed by atoms with Crippen molar-refractivity contribution in [2.75, 3.05) is 14.1 Å². The standard InChI is InChI=1S/C18H17N3O4S/c1-19-14(10-12-6-4-3-5-7-12)17(22)20(2)15(18(19)23)11-16-13(21(24)25)8-9-26-16/h3-9,11,14H,10H2,1-2H3. The van der Waals surface area contributed by atoms with E-state index in [4.69, 9.17) is 0 Å². The molecule has 1 aliphatic rings. The van der Waals surface area contributed by atoms with Crippen molar-refractivity contribution in [2.24, 2.45) is 0 Å². The third kappa shape index (κ3) is 3.23. The van der Waals surface area contributed by atoms with Crippen LogP contribution in [-0.4, -0.2) is 46.7 Å². The Bertz CT molecular complexity index is 891. The molecule has 0 saturated carbocycles. The lowest BCUT2D eigenvalue weighted by Crippen LogP contribution is -2.56. The molecule has 1 unspecified atom stereocenters. The van der Waals surface area contributed by atoms with Gasteiger partial charge in [0.05, 0.1) is 4.92 Å². The predicted octanol–water partition coefficient (Wildman–Crippen LogP) is 2.54. The minimum absolute atomic E-state index is 0.0785. The molecule has 8 heteroatoms. The Labute approximate surface area is 154 Å². The van der Waals surface area contributed by atoms with Gasteiger partial charge in [0.2, 0.25) is 5.91 Å². The van der Waals surface area contributed by atoms with E-state index in [2.05, 4.69) is 0 Å². The van der Waals surface area contributed by atoms with Crippen molar-refractivity contribution < 1.29 is 14.5 Å². The van der Waals surface area contributed by atoms with E-state index in [1.807, 2.05) is 30.3 Å². The molecule has 1 saturated heterocycles. The van der Waals surface area contributed by atoms with Gasteiger partial charge in [0.1, 0.15) is 16.6 Å². The van der Waals surface area contributed by atoms with Gasteiger partial charge in [-0.05, 0) is 17.0 Å². The molecule has 0 aliphatic carbocycles.